The summed E-state index contributed by atoms with van der Waals surface area (Å²) in [5.74, 6) is 1.35. The summed E-state index contributed by atoms with van der Waals surface area (Å²) >= 11 is 0. The van der Waals surface area contributed by atoms with Gasteiger partial charge in [-0.1, -0.05) is 30.3 Å². The van der Waals surface area contributed by atoms with E-state index in [1.54, 1.807) is 14.2 Å². The Labute approximate surface area is 125 Å². The average molecular weight is 284 g/mol. The molecular weight excluding hydrogens is 264 g/mol. The van der Waals surface area contributed by atoms with Crippen LogP contribution in [0.2, 0.25) is 0 Å². The van der Waals surface area contributed by atoms with E-state index in [0.717, 1.165) is 12.0 Å². The van der Waals surface area contributed by atoms with Gasteiger partial charge in [-0.15, -0.1) is 0 Å². The Morgan fingerprint density at radius 3 is 2.14 bits per heavy atom. The fraction of sp³-hybridized carbons (Fsp3) is 0.333. The molecule has 1 unspecified atom stereocenters. The molecule has 3 rings (SSSR count). The molecule has 3 heteroatoms. The second kappa shape index (κ2) is 5.41. The highest BCUT2D eigenvalue weighted by atomic mass is 16.5. The second-order valence-corrected chi connectivity index (χ2v) is 5.51. The monoisotopic (exact) mass is 284 g/mol. The maximum absolute atomic E-state index is 11.3. The van der Waals surface area contributed by atoms with Crippen molar-refractivity contribution in [3.63, 3.8) is 0 Å². The van der Waals surface area contributed by atoms with Crippen LogP contribution in [-0.4, -0.2) is 19.3 Å². The average Bonchev–Trinajstić information content (AvgIpc) is 2.53. The minimum atomic E-state index is -0.952. The van der Waals surface area contributed by atoms with Crippen LogP contribution in [0.1, 0.15) is 23.1 Å². The SMILES string of the molecule is COc1cccc(OC)c1C1(O)CCc2ccccc2C1. The third-order valence-corrected chi connectivity index (χ3v) is 4.30. The minimum absolute atomic E-state index is 0.583. The lowest BCUT2D eigenvalue weighted by molar-refractivity contribution is 0.0177. The van der Waals surface area contributed by atoms with Gasteiger partial charge in [-0.05, 0) is 36.1 Å². The highest BCUT2D eigenvalue weighted by Gasteiger charge is 2.38. The van der Waals surface area contributed by atoms with Crippen molar-refractivity contribution in [2.24, 2.45) is 0 Å². The molecule has 0 aromatic heterocycles. The van der Waals surface area contributed by atoms with E-state index in [0.29, 0.717) is 24.3 Å². The normalized spacial score (nSPS) is 20.7. The number of hydrogen-bond acceptors (Lipinski definition) is 3. The Kier molecular flexibility index (Phi) is 3.60. The lowest BCUT2D eigenvalue weighted by Crippen LogP contribution is -2.34. The molecule has 0 aliphatic heterocycles. The lowest BCUT2D eigenvalue weighted by Gasteiger charge is -2.35. The Morgan fingerprint density at radius 1 is 0.905 bits per heavy atom. The predicted octanol–water partition coefficient (Wildman–Crippen LogP) is 3.08. The van der Waals surface area contributed by atoms with Crippen molar-refractivity contribution in [3.8, 4) is 11.5 Å². The summed E-state index contributed by atoms with van der Waals surface area (Å²) in [6, 6.07) is 13.9. The van der Waals surface area contributed by atoms with Crippen molar-refractivity contribution in [1.82, 2.24) is 0 Å². The molecule has 1 N–H and O–H groups in total. The molecule has 3 nitrogen and oxygen atoms in total. The van der Waals surface area contributed by atoms with Gasteiger partial charge in [0.25, 0.3) is 0 Å². The fourth-order valence-corrected chi connectivity index (χ4v) is 3.24. The standard InChI is InChI=1S/C18H20O3/c1-20-15-8-5-9-16(21-2)17(15)18(19)11-10-13-6-3-4-7-14(13)12-18/h3-9,19H,10-12H2,1-2H3. The molecule has 0 spiro atoms. The van der Waals surface area contributed by atoms with Gasteiger partial charge in [0.2, 0.25) is 0 Å². The number of methoxy groups -OCH3 is 2. The predicted molar refractivity (Wildman–Crippen MR) is 81.9 cm³/mol. The highest BCUT2D eigenvalue weighted by molar-refractivity contribution is 5.50. The van der Waals surface area contributed by atoms with E-state index < -0.39 is 5.60 Å². The summed E-state index contributed by atoms with van der Waals surface area (Å²) in [5, 5.41) is 11.3. The second-order valence-electron chi connectivity index (χ2n) is 5.51. The highest BCUT2D eigenvalue weighted by Crippen LogP contribution is 2.44. The summed E-state index contributed by atoms with van der Waals surface area (Å²) in [6.45, 7) is 0. The van der Waals surface area contributed by atoms with E-state index in [2.05, 4.69) is 12.1 Å². The van der Waals surface area contributed by atoms with Crippen LogP contribution in [0.4, 0.5) is 0 Å². The molecule has 1 aliphatic carbocycles. The van der Waals surface area contributed by atoms with Crippen LogP contribution in [-0.2, 0) is 18.4 Å². The van der Waals surface area contributed by atoms with E-state index in [1.807, 2.05) is 30.3 Å². The Morgan fingerprint density at radius 2 is 1.52 bits per heavy atom. The molecule has 1 aliphatic rings. The first-order chi connectivity index (χ1) is 10.2. The van der Waals surface area contributed by atoms with Gasteiger partial charge in [-0.3, -0.25) is 0 Å². The summed E-state index contributed by atoms with van der Waals surface area (Å²) in [7, 11) is 3.25. The molecule has 0 amide bonds. The summed E-state index contributed by atoms with van der Waals surface area (Å²) in [6.07, 6.45) is 2.11. The van der Waals surface area contributed by atoms with Gasteiger partial charge in [0, 0.05) is 6.42 Å². The molecule has 0 bridgehead atoms. The molecule has 0 heterocycles. The van der Waals surface area contributed by atoms with Crippen LogP contribution < -0.4 is 9.47 Å². The van der Waals surface area contributed by atoms with Crippen LogP contribution in [0.15, 0.2) is 42.5 Å². The molecule has 0 fully saturated rings. The number of aliphatic hydroxyl groups is 1. The van der Waals surface area contributed by atoms with Crippen molar-refractivity contribution in [3.05, 3.63) is 59.2 Å². The molecule has 0 saturated heterocycles. The minimum Gasteiger partial charge on any atom is -0.496 e. The van der Waals surface area contributed by atoms with Gasteiger partial charge >= 0.3 is 0 Å². The van der Waals surface area contributed by atoms with Gasteiger partial charge in [-0.25, -0.2) is 0 Å². The lowest BCUT2D eigenvalue weighted by atomic mass is 9.76. The topological polar surface area (TPSA) is 38.7 Å². The van der Waals surface area contributed by atoms with Crippen molar-refractivity contribution < 1.29 is 14.6 Å². The maximum Gasteiger partial charge on any atom is 0.128 e. The quantitative estimate of drug-likeness (QED) is 0.941. The Hall–Kier alpha value is -2.00. The number of benzene rings is 2. The molecule has 21 heavy (non-hydrogen) atoms. The number of aryl methyl sites for hydroxylation is 1. The molecule has 110 valence electrons. The summed E-state index contributed by atoms with van der Waals surface area (Å²) < 4.78 is 10.9. The Bertz CT molecular complexity index is 628. The van der Waals surface area contributed by atoms with Crippen LogP contribution in [0.3, 0.4) is 0 Å². The van der Waals surface area contributed by atoms with E-state index in [9.17, 15) is 5.11 Å². The first-order valence-corrected chi connectivity index (χ1v) is 7.18. The maximum atomic E-state index is 11.3. The number of fused-ring (bicyclic) bond motifs is 1. The molecule has 2 aromatic carbocycles. The number of hydrogen-bond donors (Lipinski definition) is 1. The summed E-state index contributed by atoms with van der Waals surface area (Å²) in [4.78, 5) is 0. The Balaban J connectivity index is 2.08. The van der Waals surface area contributed by atoms with E-state index >= 15 is 0 Å². The van der Waals surface area contributed by atoms with Gasteiger partial charge in [0.15, 0.2) is 0 Å². The zero-order valence-electron chi connectivity index (χ0n) is 12.4. The van der Waals surface area contributed by atoms with Crippen molar-refractivity contribution in [2.45, 2.75) is 24.9 Å². The van der Waals surface area contributed by atoms with Gasteiger partial charge in [0.1, 0.15) is 17.1 Å². The van der Waals surface area contributed by atoms with E-state index in [4.69, 9.17) is 9.47 Å². The number of ether oxygens (including phenoxy) is 2. The smallest absolute Gasteiger partial charge is 0.128 e. The van der Waals surface area contributed by atoms with Gasteiger partial charge < -0.3 is 14.6 Å². The first kappa shape index (κ1) is 14.0. The van der Waals surface area contributed by atoms with E-state index in [1.165, 1.54) is 11.1 Å². The van der Waals surface area contributed by atoms with Gasteiger partial charge in [-0.2, -0.15) is 0 Å². The number of rotatable bonds is 3. The van der Waals surface area contributed by atoms with Crippen LogP contribution in [0.25, 0.3) is 0 Å². The van der Waals surface area contributed by atoms with E-state index in [-0.39, 0.29) is 0 Å². The molecule has 2 aromatic rings. The molecule has 1 atom stereocenters. The first-order valence-electron chi connectivity index (χ1n) is 7.18. The third kappa shape index (κ3) is 2.38. The molecular formula is C18H20O3. The van der Waals surface area contributed by atoms with Crippen LogP contribution in [0, 0.1) is 0 Å². The van der Waals surface area contributed by atoms with Crippen LogP contribution >= 0.6 is 0 Å². The molecule has 0 saturated carbocycles. The zero-order valence-corrected chi connectivity index (χ0v) is 12.4. The van der Waals surface area contributed by atoms with Gasteiger partial charge in [0.05, 0.1) is 19.8 Å². The van der Waals surface area contributed by atoms with Crippen molar-refractivity contribution >= 4 is 0 Å². The fourth-order valence-electron chi connectivity index (χ4n) is 3.24. The summed E-state index contributed by atoms with van der Waals surface area (Å²) in [5.41, 5.74) is 2.31. The van der Waals surface area contributed by atoms with Crippen molar-refractivity contribution in [1.29, 1.82) is 0 Å². The molecule has 0 radical (unpaired) electrons. The largest absolute Gasteiger partial charge is 0.496 e. The van der Waals surface area contributed by atoms with Crippen molar-refractivity contribution in [2.75, 3.05) is 14.2 Å². The third-order valence-electron chi connectivity index (χ3n) is 4.30. The van der Waals surface area contributed by atoms with Crippen LogP contribution in [0.5, 0.6) is 11.5 Å². The zero-order chi connectivity index (χ0) is 14.9.